The molecule has 0 spiro atoms. The lowest BCUT2D eigenvalue weighted by Gasteiger charge is -2.06. The van der Waals surface area contributed by atoms with E-state index >= 15 is 0 Å². The third-order valence-corrected chi connectivity index (χ3v) is 4.95. The van der Waals surface area contributed by atoms with E-state index in [4.69, 9.17) is 14.3 Å². The molecule has 1 aromatic carbocycles. The van der Waals surface area contributed by atoms with Crippen LogP contribution < -0.4 is 10.5 Å². The fraction of sp³-hybridized carbons (Fsp3) is 0.176. The van der Waals surface area contributed by atoms with Crippen molar-refractivity contribution >= 4 is 45.4 Å². The first-order valence-corrected chi connectivity index (χ1v) is 10.4. The third-order valence-electron chi connectivity index (χ3n) is 3.10. The molecule has 1 amide bonds. The second-order valence-corrected chi connectivity index (χ2v) is 7.85. The molecule has 0 saturated heterocycles. The van der Waals surface area contributed by atoms with Gasteiger partial charge in [0.15, 0.2) is 0 Å². The van der Waals surface area contributed by atoms with Crippen molar-refractivity contribution in [2.45, 2.75) is 4.90 Å². The van der Waals surface area contributed by atoms with E-state index in [2.05, 4.69) is 5.32 Å². The molecule has 10 heteroatoms. The van der Waals surface area contributed by atoms with Gasteiger partial charge in [-0.1, -0.05) is 0 Å². The van der Waals surface area contributed by atoms with Crippen molar-refractivity contribution in [1.82, 2.24) is 0 Å². The number of nitrogens with two attached hydrogens (primary N) is 1. The standard InChI is InChI=1S/C17H18N2O6S2/c18-27(22,23)15-6-3-13(4-7-15)19-16(20)12-26-11-10-25-17(21)8-5-14-2-1-9-24-14/h1-9H,10-12H2,(H,19,20)(H2,18,22,23)/b8-5+. The Morgan fingerprint density at radius 1 is 1.22 bits per heavy atom. The maximum atomic E-state index is 11.8. The van der Waals surface area contributed by atoms with Crippen molar-refractivity contribution in [3.63, 3.8) is 0 Å². The van der Waals surface area contributed by atoms with E-state index in [0.29, 0.717) is 17.2 Å². The van der Waals surface area contributed by atoms with Crippen molar-refractivity contribution < 1.29 is 27.2 Å². The second kappa shape index (κ2) is 9.95. The second-order valence-electron chi connectivity index (χ2n) is 5.19. The fourth-order valence-electron chi connectivity index (χ4n) is 1.88. The summed E-state index contributed by atoms with van der Waals surface area (Å²) < 4.78 is 32.4. The SMILES string of the molecule is NS(=O)(=O)c1ccc(NC(=O)CSCCOC(=O)/C=C/c2ccco2)cc1. The number of rotatable bonds is 9. The molecule has 0 aliphatic carbocycles. The Morgan fingerprint density at radius 3 is 2.59 bits per heavy atom. The van der Waals surface area contributed by atoms with E-state index in [-0.39, 0.29) is 23.2 Å². The van der Waals surface area contributed by atoms with Crippen LogP contribution >= 0.6 is 11.8 Å². The van der Waals surface area contributed by atoms with E-state index in [0.717, 1.165) is 0 Å². The zero-order valence-corrected chi connectivity index (χ0v) is 15.8. The van der Waals surface area contributed by atoms with Crippen molar-refractivity contribution in [1.29, 1.82) is 0 Å². The summed E-state index contributed by atoms with van der Waals surface area (Å²) in [7, 11) is -3.76. The number of esters is 1. The van der Waals surface area contributed by atoms with Crippen LogP contribution in [0, 0.1) is 0 Å². The zero-order valence-electron chi connectivity index (χ0n) is 14.2. The Bertz CT molecular complexity index is 890. The van der Waals surface area contributed by atoms with Crippen molar-refractivity contribution in [3.05, 3.63) is 54.5 Å². The first kappa shape index (κ1) is 20.7. The van der Waals surface area contributed by atoms with Gasteiger partial charge in [0.2, 0.25) is 15.9 Å². The van der Waals surface area contributed by atoms with Gasteiger partial charge in [-0.15, -0.1) is 11.8 Å². The molecule has 2 aromatic rings. The summed E-state index contributed by atoms with van der Waals surface area (Å²) in [6.45, 7) is 0.169. The maximum absolute atomic E-state index is 11.8. The highest BCUT2D eigenvalue weighted by Gasteiger charge is 2.08. The van der Waals surface area contributed by atoms with Crippen molar-refractivity contribution in [2.24, 2.45) is 5.14 Å². The van der Waals surface area contributed by atoms with Gasteiger partial charge in [-0.3, -0.25) is 4.79 Å². The molecule has 1 aromatic heterocycles. The molecule has 0 atom stereocenters. The largest absolute Gasteiger partial charge is 0.465 e. The molecule has 0 radical (unpaired) electrons. The number of ether oxygens (including phenoxy) is 1. The van der Waals surface area contributed by atoms with Crippen LogP contribution in [0.2, 0.25) is 0 Å². The fourth-order valence-corrected chi connectivity index (χ4v) is 2.99. The molecule has 0 aliphatic rings. The number of hydrogen-bond donors (Lipinski definition) is 2. The van der Waals surface area contributed by atoms with Crippen molar-refractivity contribution in [3.8, 4) is 0 Å². The molecule has 3 N–H and O–H groups in total. The summed E-state index contributed by atoms with van der Waals surface area (Å²) >= 11 is 1.30. The topological polar surface area (TPSA) is 129 Å². The highest BCUT2D eigenvalue weighted by atomic mass is 32.2. The summed E-state index contributed by atoms with van der Waals surface area (Å²) in [6.07, 6.45) is 4.27. The molecular formula is C17H18N2O6S2. The number of benzene rings is 1. The minimum Gasteiger partial charge on any atom is -0.465 e. The number of carbonyl (C=O) groups is 2. The Kier molecular flexibility index (Phi) is 7.65. The number of thioether (sulfide) groups is 1. The Labute approximate surface area is 160 Å². The lowest BCUT2D eigenvalue weighted by molar-refractivity contribution is -0.137. The molecule has 27 heavy (non-hydrogen) atoms. The van der Waals surface area contributed by atoms with Gasteiger partial charge in [0.25, 0.3) is 0 Å². The predicted octanol–water partition coefficient (Wildman–Crippen LogP) is 1.86. The van der Waals surface area contributed by atoms with Crippen LogP contribution in [0.3, 0.4) is 0 Å². The lowest BCUT2D eigenvalue weighted by Crippen LogP contribution is -2.16. The normalized spacial score (nSPS) is 11.4. The molecule has 0 fully saturated rings. The van der Waals surface area contributed by atoms with E-state index in [9.17, 15) is 18.0 Å². The van der Waals surface area contributed by atoms with Gasteiger partial charge in [-0.25, -0.2) is 18.4 Å². The number of sulfonamides is 1. The molecule has 144 valence electrons. The minimum atomic E-state index is -3.76. The number of carbonyl (C=O) groups excluding carboxylic acids is 2. The Morgan fingerprint density at radius 2 is 1.96 bits per heavy atom. The number of nitrogens with one attached hydrogen (secondary N) is 1. The van der Waals surface area contributed by atoms with E-state index < -0.39 is 16.0 Å². The molecule has 2 rings (SSSR count). The van der Waals surface area contributed by atoms with Crippen LogP contribution in [0.25, 0.3) is 6.08 Å². The highest BCUT2D eigenvalue weighted by molar-refractivity contribution is 7.99. The highest BCUT2D eigenvalue weighted by Crippen LogP contribution is 2.13. The summed E-state index contributed by atoms with van der Waals surface area (Å²) in [6, 6.07) is 8.95. The number of hydrogen-bond acceptors (Lipinski definition) is 7. The first-order chi connectivity index (χ1) is 12.8. The summed E-state index contributed by atoms with van der Waals surface area (Å²) in [5, 5.41) is 7.64. The average Bonchev–Trinajstić information content (AvgIpc) is 3.13. The molecular weight excluding hydrogens is 392 g/mol. The van der Waals surface area contributed by atoms with Crippen molar-refractivity contribution in [2.75, 3.05) is 23.4 Å². The maximum Gasteiger partial charge on any atom is 0.330 e. The third kappa shape index (κ3) is 7.69. The molecule has 0 saturated carbocycles. The minimum absolute atomic E-state index is 0.0298. The first-order valence-electron chi connectivity index (χ1n) is 7.73. The van der Waals surface area contributed by atoms with Crippen LogP contribution in [0.4, 0.5) is 5.69 Å². The van der Waals surface area contributed by atoms with Crippen LogP contribution in [-0.4, -0.2) is 38.4 Å². The summed E-state index contributed by atoms with van der Waals surface area (Å²) in [4.78, 5) is 23.3. The number of furan rings is 1. The van der Waals surface area contributed by atoms with Crippen LogP contribution in [0.15, 0.2) is 58.1 Å². The quantitative estimate of drug-likeness (QED) is 0.367. The van der Waals surface area contributed by atoms with Gasteiger partial charge in [0.1, 0.15) is 12.4 Å². The molecule has 0 aliphatic heterocycles. The molecule has 1 heterocycles. The van der Waals surface area contributed by atoms with Gasteiger partial charge >= 0.3 is 5.97 Å². The summed E-state index contributed by atoms with van der Waals surface area (Å²) in [5.41, 5.74) is 0.461. The Hall–Kier alpha value is -2.56. The van der Waals surface area contributed by atoms with Gasteiger partial charge in [-0.2, -0.15) is 0 Å². The van der Waals surface area contributed by atoms with Gasteiger partial charge in [0, 0.05) is 17.5 Å². The van der Waals surface area contributed by atoms with Crippen LogP contribution in [-0.2, 0) is 24.3 Å². The van der Waals surface area contributed by atoms with Crippen LogP contribution in [0.1, 0.15) is 5.76 Å². The van der Waals surface area contributed by atoms with Gasteiger partial charge in [0.05, 0.1) is 16.9 Å². The van der Waals surface area contributed by atoms with E-state index in [1.807, 2.05) is 0 Å². The van der Waals surface area contributed by atoms with E-state index in [1.165, 1.54) is 54.4 Å². The molecule has 0 bridgehead atoms. The average molecular weight is 410 g/mol. The zero-order chi connectivity index (χ0) is 19.7. The number of anilines is 1. The summed E-state index contributed by atoms with van der Waals surface area (Å²) in [5.74, 6) is 0.420. The monoisotopic (exact) mass is 410 g/mol. The number of amides is 1. The molecule has 0 unspecified atom stereocenters. The van der Waals surface area contributed by atoms with E-state index in [1.54, 1.807) is 12.1 Å². The smallest absolute Gasteiger partial charge is 0.330 e. The molecule has 8 nitrogen and oxygen atoms in total. The van der Waals surface area contributed by atoms with Crippen LogP contribution in [0.5, 0.6) is 0 Å². The Balaban J connectivity index is 1.62. The predicted molar refractivity (Wildman–Crippen MR) is 102 cm³/mol. The van der Waals surface area contributed by atoms with Gasteiger partial charge in [-0.05, 0) is 42.5 Å². The number of primary sulfonamides is 1. The lowest BCUT2D eigenvalue weighted by atomic mass is 10.3. The van der Waals surface area contributed by atoms with Gasteiger partial charge < -0.3 is 14.5 Å².